The van der Waals surface area contributed by atoms with E-state index in [1.54, 1.807) is 6.07 Å². The van der Waals surface area contributed by atoms with E-state index in [-0.39, 0.29) is 18.3 Å². The van der Waals surface area contributed by atoms with Gasteiger partial charge < -0.3 is 4.74 Å². The average Bonchev–Trinajstić information content (AvgIpc) is 2.47. The normalized spacial score (nSPS) is 9.90. The lowest BCUT2D eigenvalue weighted by Gasteiger charge is -2.10. The van der Waals surface area contributed by atoms with Crippen LogP contribution in [0.2, 0.25) is 5.02 Å². The van der Waals surface area contributed by atoms with Crippen LogP contribution in [0.4, 0.5) is 4.39 Å². The van der Waals surface area contributed by atoms with Crippen LogP contribution in [-0.4, -0.2) is 5.88 Å². The van der Waals surface area contributed by atoms with Crippen LogP contribution in [0.5, 0.6) is 5.75 Å². The molecule has 0 amide bonds. The molecule has 0 aliphatic heterocycles. The molecule has 0 aliphatic carbocycles. The van der Waals surface area contributed by atoms with Crippen molar-refractivity contribution in [2.45, 2.75) is 13.5 Å². The Morgan fingerprint density at radius 3 is 2.76 bits per heavy atom. The number of hydrogen-bond acceptors (Lipinski definition) is 1. The third-order valence-electron chi connectivity index (χ3n) is 2.82. The molecule has 0 atom stereocenters. The first-order valence-corrected chi connectivity index (χ1v) is 7.23. The second kappa shape index (κ2) is 7.36. The van der Waals surface area contributed by atoms with Crippen LogP contribution in [0.25, 0.3) is 0 Å². The van der Waals surface area contributed by atoms with Crippen LogP contribution in [-0.2, 0) is 6.61 Å². The summed E-state index contributed by atoms with van der Waals surface area (Å²) in [5.41, 5.74) is 2.20. The Morgan fingerprint density at radius 2 is 2.00 bits per heavy atom. The van der Waals surface area contributed by atoms with Crippen LogP contribution in [0.3, 0.4) is 0 Å². The molecule has 0 N–H and O–H groups in total. The fourth-order valence-electron chi connectivity index (χ4n) is 1.81. The first kappa shape index (κ1) is 15.7. The highest BCUT2D eigenvalue weighted by Crippen LogP contribution is 2.22. The molecule has 21 heavy (non-hydrogen) atoms. The first-order chi connectivity index (χ1) is 10.1. The first-order valence-electron chi connectivity index (χ1n) is 6.32. The van der Waals surface area contributed by atoms with Crippen LogP contribution in [0, 0.1) is 24.6 Å². The number of aryl methyl sites for hydroxylation is 1. The van der Waals surface area contributed by atoms with Crippen molar-refractivity contribution in [2.24, 2.45) is 0 Å². The predicted octanol–water partition coefficient (Wildman–Crippen LogP) is 4.96. The predicted molar refractivity (Wildman–Crippen MR) is 84.5 cm³/mol. The number of benzene rings is 2. The van der Waals surface area contributed by atoms with Crippen LogP contribution < -0.4 is 4.74 Å². The van der Waals surface area contributed by atoms with Gasteiger partial charge in [0.15, 0.2) is 0 Å². The second-order valence-electron chi connectivity index (χ2n) is 4.46. The lowest BCUT2D eigenvalue weighted by molar-refractivity contribution is 0.299. The number of halogens is 3. The van der Waals surface area contributed by atoms with E-state index in [1.807, 2.05) is 25.1 Å². The summed E-state index contributed by atoms with van der Waals surface area (Å²) in [7, 11) is 0. The van der Waals surface area contributed by atoms with Gasteiger partial charge in [-0.15, -0.1) is 11.6 Å². The zero-order valence-electron chi connectivity index (χ0n) is 11.4. The van der Waals surface area contributed by atoms with E-state index in [2.05, 4.69) is 11.8 Å². The number of hydrogen-bond donors (Lipinski definition) is 0. The second-order valence-corrected chi connectivity index (χ2v) is 5.16. The Kier molecular flexibility index (Phi) is 5.50. The van der Waals surface area contributed by atoms with Gasteiger partial charge in [0.25, 0.3) is 0 Å². The van der Waals surface area contributed by atoms with Crippen molar-refractivity contribution in [1.82, 2.24) is 0 Å². The molecule has 0 aliphatic rings. The minimum atomic E-state index is -0.347. The van der Waals surface area contributed by atoms with Crippen molar-refractivity contribution in [1.29, 1.82) is 0 Å². The maximum atomic E-state index is 13.7. The monoisotopic (exact) mass is 322 g/mol. The maximum absolute atomic E-state index is 13.7. The molecule has 0 saturated carbocycles. The van der Waals surface area contributed by atoms with Crippen molar-refractivity contribution in [3.05, 3.63) is 63.9 Å². The van der Waals surface area contributed by atoms with E-state index in [1.165, 1.54) is 12.1 Å². The third kappa shape index (κ3) is 4.39. The molecular weight excluding hydrogens is 310 g/mol. The van der Waals surface area contributed by atoms with E-state index >= 15 is 0 Å². The van der Waals surface area contributed by atoms with E-state index in [4.69, 9.17) is 27.9 Å². The van der Waals surface area contributed by atoms with Crippen molar-refractivity contribution in [3.8, 4) is 17.6 Å². The Balaban J connectivity index is 2.21. The highest BCUT2D eigenvalue weighted by molar-refractivity contribution is 6.30. The summed E-state index contributed by atoms with van der Waals surface area (Å²) in [5, 5.41) is 0.473. The molecule has 2 rings (SSSR count). The lowest BCUT2D eigenvalue weighted by Crippen LogP contribution is -2.00. The number of ether oxygens (including phenoxy) is 1. The smallest absolute Gasteiger partial charge is 0.135 e. The SMILES string of the molecule is Cc1ccc(OCc2cc(Cl)ccc2F)c(C#CCCl)c1. The molecule has 2 aromatic rings. The van der Waals surface area contributed by atoms with Crippen LogP contribution in [0.1, 0.15) is 16.7 Å². The summed E-state index contributed by atoms with van der Waals surface area (Å²) < 4.78 is 19.3. The molecule has 0 bridgehead atoms. The van der Waals surface area contributed by atoms with Crippen LogP contribution in [0.15, 0.2) is 36.4 Å². The molecule has 0 fully saturated rings. The van der Waals surface area contributed by atoms with Gasteiger partial charge in [0, 0.05) is 10.6 Å². The molecule has 1 nitrogen and oxygen atoms in total. The van der Waals surface area contributed by atoms with Gasteiger partial charge in [-0.25, -0.2) is 4.39 Å². The average molecular weight is 323 g/mol. The Labute approximate surface area is 133 Å². The fraction of sp³-hybridized carbons (Fsp3) is 0.176. The van der Waals surface area contributed by atoms with E-state index in [9.17, 15) is 4.39 Å². The molecule has 0 saturated heterocycles. The summed E-state index contributed by atoms with van der Waals surface area (Å²) in [4.78, 5) is 0. The summed E-state index contributed by atoms with van der Waals surface area (Å²) in [6.07, 6.45) is 0. The van der Waals surface area contributed by atoms with Crippen molar-refractivity contribution >= 4 is 23.2 Å². The van der Waals surface area contributed by atoms with Crippen molar-refractivity contribution < 1.29 is 9.13 Å². The van der Waals surface area contributed by atoms with Gasteiger partial charge in [0.2, 0.25) is 0 Å². The number of rotatable bonds is 3. The highest BCUT2D eigenvalue weighted by Gasteiger charge is 2.06. The van der Waals surface area contributed by atoms with Gasteiger partial charge in [-0.3, -0.25) is 0 Å². The summed E-state index contributed by atoms with van der Waals surface area (Å²) in [6.45, 7) is 2.05. The van der Waals surface area contributed by atoms with Gasteiger partial charge in [0.05, 0.1) is 11.4 Å². The maximum Gasteiger partial charge on any atom is 0.135 e. The molecule has 0 aromatic heterocycles. The largest absolute Gasteiger partial charge is 0.487 e. The molecule has 0 unspecified atom stereocenters. The van der Waals surface area contributed by atoms with Crippen molar-refractivity contribution in [3.63, 3.8) is 0 Å². The van der Waals surface area contributed by atoms with E-state index in [0.717, 1.165) is 11.1 Å². The molecule has 108 valence electrons. The third-order valence-corrected chi connectivity index (χ3v) is 3.18. The van der Waals surface area contributed by atoms with Gasteiger partial charge in [0.1, 0.15) is 18.2 Å². The van der Waals surface area contributed by atoms with E-state index in [0.29, 0.717) is 16.3 Å². The molecular formula is C17H13Cl2FO. The topological polar surface area (TPSA) is 9.23 Å². The minimum Gasteiger partial charge on any atom is -0.487 e. The number of alkyl halides is 1. The summed E-state index contributed by atoms with van der Waals surface area (Å²) >= 11 is 11.4. The lowest BCUT2D eigenvalue weighted by atomic mass is 10.1. The van der Waals surface area contributed by atoms with Gasteiger partial charge in [-0.05, 0) is 42.8 Å². The standard InChI is InChI=1S/C17H13Cl2FO/c1-12-4-7-17(13(9-12)3-2-8-18)21-11-14-10-15(19)5-6-16(14)20/h4-7,9-10H,8,11H2,1H3. The molecule has 0 radical (unpaired) electrons. The van der Waals surface area contributed by atoms with Crippen LogP contribution >= 0.6 is 23.2 Å². The molecule has 4 heteroatoms. The zero-order valence-corrected chi connectivity index (χ0v) is 12.9. The zero-order chi connectivity index (χ0) is 15.2. The minimum absolute atomic E-state index is 0.0883. The Morgan fingerprint density at radius 1 is 1.19 bits per heavy atom. The van der Waals surface area contributed by atoms with E-state index < -0.39 is 0 Å². The van der Waals surface area contributed by atoms with Gasteiger partial charge >= 0.3 is 0 Å². The quantitative estimate of drug-likeness (QED) is 0.573. The van der Waals surface area contributed by atoms with Gasteiger partial charge in [-0.2, -0.15) is 0 Å². The fourth-order valence-corrected chi connectivity index (χ4v) is 2.07. The summed E-state index contributed by atoms with van der Waals surface area (Å²) in [5.74, 6) is 6.22. The molecule has 2 aromatic carbocycles. The molecule has 0 spiro atoms. The summed E-state index contributed by atoms with van der Waals surface area (Å²) in [6, 6.07) is 10.0. The van der Waals surface area contributed by atoms with Crippen molar-refractivity contribution in [2.75, 3.05) is 5.88 Å². The Bertz CT molecular complexity index is 702. The molecule has 0 heterocycles. The Hall–Kier alpha value is -1.69. The highest BCUT2D eigenvalue weighted by atomic mass is 35.5. The van der Waals surface area contributed by atoms with Gasteiger partial charge in [-0.1, -0.05) is 29.5 Å².